The number of halogens is 3. The molecule has 1 aromatic carbocycles. The van der Waals surface area contributed by atoms with Crippen molar-refractivity contribution >= 4 is 27.0 Å². The monoisotopic (exact) mass is 336 g/mol. The lowest BCUT2D eigenvalue weighted by Crippen LogP contribution is -2.15. The summed E-state index contributed by atoms with van der Waals surface area (Å²) in [5, 5.41) is 1.59. The molecule has 0 aliphatic heterocycles. The minimum Gasteiger partial charge on any atom is -0.326 e. The summed E-state index contributed by atoms with van der Waals surface area (Å²) in [5.74, 6) is 0. The van der Waals surface area contributed by atoms with E-state index in [9.17, 15) is 21.6 Å². The summed E-state index contributed by atoms with van der Waals surface area (Å²) in [6, 6.07) is 5.16. The normalized spacial score (nSPS) is 12.4. The van der Waals surface area contributed by atoms with E-state index >= 15 is 0 Å². The van der Waals surface area contributed by atoms with Crippen LogP contribution >= 0.6 is 11.3 Å². The molecule has 21 heavy (non-hydrogen) atoms. The topological polar surface area (TPSA) is 72.2 Å². The van der Waals surface area contributed by atoms with Crippen LogP contribution in [0.1, 0.15) is 10.4 Å². The molecular formula is C12H11F3N2O2S2. The predicted octanol–water partition coefficient (Wildman–Crippen LogP) is 3.03. The molecule has 0 aliphatic carbocycles. The first-order chi connectivity index (χ1) is 9.74. The standard InChI is InChI=1S/C12H11F3N2O2S2/c13-12(14,15)8-1-3-9(4-2-8)17-21(18,19)11-5-6-20-10(11)7-16/h1-6,17H,7,16H2. The highest BCUT2D eigenvalue weighted by atomic mass is 32.2. The molecule has 0 atom stereocenters. The molecule has 1 heterocycles. The molecule has 0 saturated carbocycles. The van der Waals surface area contributed by atoms with Crippen LogP contribution in [0.2, 0.25) is 0 Å². The van der Waals surface area contributed by atoms with Gasteiger partial charge in [-0.15, -0.1) is 11.3 Å². The average molecular weight is 336 g/mol. The van der Waals surface area contributed by atoms with E-state index in [4.69, 9.17) is 5.73 Å². The van der Waals surface area contributed by atoms with Crippen molar-refractivity contribution in [3.05, 3.63) is 46.2 Å². The highest BCUT2D eigenvalue weighted by Gasteiger charge is 2.30. The Morgan fingerprint density at radius 3 is 2.29 bits per heavy atom. The molecule has 0 fully saturated rings. The van der Waals surface area contributed by atoms with Gasteiger partial charge < -0.3 is 5.73 Å². The van der Waals surface area contributed by atoms with Gasteiger partial charge in [0.25, 0.3) is 10.0 Å². The molecule has 2 aromatic rings. The van der Waals surface area contributed by atoms with Crippen molar-refractivity contribution in [2.45, 2.75) is 17.6 Å². The fourth-order valence-electron chi connectivity index (χ4n) is 1.65. The Morgan fingerprint density at radius 2 is 1.76 bits per heavy atom. The molecule has 114 valence electrons. The Balaban J connectivity index is 2.25. The lowest BCUT2D eigenvalue weighted by atomic mass is 10.2. The van der Waals surface area contributed by atoms with Crippen LogP contribution in [0, 0.1) is 0 Å². The number of hydrogen-bond donors (Lipinski definition) is 2. The number of alkyl halides is 3. The van der Waals surface area contributed by atoms with Gasteiger partial charge in [0.15, 0.2) is 0 Å². The first kappa shape index (κ1) is 15.8. The highest BCUT2D eigenvalue weighted by molar-refractivity contribution is 7.93. The number of rotatable bonds is 4. The fraction of sp³-hybridized carbons (Fsp3) is 0.167. The van der Waals surface area contributed by atoms with Crippen molar-refractivity contribution in [2.24, 2.45) is 5.73 Å². The summed E-state index contributed by atoms with van der Waals surface area (Å²) < 4.78 is 63.8. The Hall–Kier alpha value is -1.58. The van der Waals surface area contributed by atoms with Gasteiger partial charge in [0.05, 0.1) is 5.56 Å². The zero-order valence-electron chi connectivity index (χ0n) is 10.5. The predicted molar refractivity (Wildman–Crippen MR) is 74.5 cm³/mol. The zero-order valence-corrected chi connectivity index (χ0v) is 12.1. The van der Waals surface area contributed by atoms with Crippen molar-refractivity contribution in [1.82, 2.24) is 0 Å². The molecule has 0 aliphatic rings. The molecule has 0 radical (unpaired) electrons. The molecule has 9 heteroatoms. The molecule has 2 rings (SSSR count). The van der Waals surface area contributed by atoms with Crippen LogP contribution in [0.25, 0.3) is 0 Å². The second-order valence-corrected chi connectivity index (χ2v) is 6.74. The number of hydrogen-bond acceptors (Lipinski definition) is 4. The Kier molecular flexibility index (Phi) is 4.26. The third-order valence-corrected chi connectivity index (χ3v) is 5.18. The molecule has 4 nitrogen and oxygen atoms in total. The van der Waals surface area contributed by atoms with Crippen LogP contribution < -0.4 is 10.5 Å². The van der Waals surface area contributed by atoms with Gasteiger partial charge in [-0.1, -0.05) is 0 Å². The number of sulfonamides is 1. The number of nitrogens with one attached hydrogen (secondary N) is 1. The Labute approximate surface area is 123 Å². The first-order valence-corrected chi connectivity index (χ1v) is 8.07. The summed E-state index contributed by atoms with van der Waals surface area (Å²) in [4.78, 5) is 0.518. The second kappa shape index (κ2) is 5.66. The molecule has 1 aromatic heterocycles. The van der Waals surface area contributed by atoms with Gasteiger partial charge in [-0.3, -0.25) is 4.72 Å². The van der Waals surface area contributed by atoms with E-state index in [1.165, 1.54) is 17.4 Å². The highest BCUT2D eigenvalue weighted by Crippen LogP contribution is 2.30. The summed E-state index contributed by atoms with van der Waals surface area (Å²) in [5.41, 5.74) is 4.66. The number of nitrogens with two attached hydrogens (primary N) is 1. The quantitative estimate of drug-likeness (QED) is 0.901. The number of thiophene rings is 1. The largest absolute Gasteiger partial charge is 0.416 e. The van der Waals surface area contributed by atoms with Gasteiger partial charge >= 0.3 is 6.18 Å². The third kappa shape index (κ3) is 3.55. The molecular weight excluding hydrogens is 325 g/mol. The third-order valence-electron chi connectivity index (χ3n) is 2.64. The summed E-state index contributed by atoms with van der Waals surface area (Å²) in [7, 11) is -3.86. The second-order valence-electron chi connectivity index (χ2n) is 4.09. The van der Waals surface area contributed by atoms with Gasteiger partial charge in [0.2, 0.25) is 0 Å². The van der Waals surface area contributed by atoms with Crippen LogP contribution in [0.5, 0.6) is 0 Å². The fourth-order valence-corrected chi connectivity index (χ4v) is 4.05. The molecule has 0 spiro atoms. The van der Waals surface area contributed by atoms with Crippen LogP contribution in [-0.4, -0.2) is 8.42 Å². The summed E-state index contributed by atoms with van der Waals surface area (Å²) in [6.45, 7) is 0.0704. The maximum Gasteiger partial charge on any atom is 0.416 e. The van der Waals surface area contributed by atoms with Gasteiger partial charge in [0.1, 0.15) is 4.90 Å². The molecule has 0 amide bonds. The van der Waals surface area contributed by atoms with Crippen LogP contribution in [0.3, 0.4) is 0 Å². The van der Waals surface area contributed by atoms with Crippen molar-refractivity contribution in [3.8, 4) is 0 Å². The maximum atomic E-state index is 12.4. The van der Waals surface area contributed by atoms with Crippen molar-refractivity contribution in [1.29, 1.82) is 0 Å². The lowest BCUT2D eigenvalue weighted by molar-refractivity contribution is -0.137. The average Bonchev–Trinajstić information content (AvgIpc) is 2.87. The van der Waals surface area contributed by atoms with Gasteiger partial charge in [-0.25, -0.2) is 8.42 Å². The van der Waals surface area contributed by atoms with Crippen LogP contribution in [0.15, 0.2) is 40.6 Å². The van der Waals surface area contributed by atoms with E-state index in [0.717, 1.165) is 24.3 Å². The number of benzene rings is 1. The van der Waals surface area contributed by atoms with Crippen molar-refractivity contribution < 1.29 is 21.6 Å². The van der Waals surface area contributed by atoms with E-state index in [0.29, 0.717) is 4.88 Å². The molecule has 3 N–H and O–H groups in total. The smallest absolute Gasteiger partial charge is 0.326 e. The van der Waals surface area contributed by atoms with E-state index in [1.807, 2.05) is 0 Å². The molecule has 0 saturated heterocycles. The van der Waals surface area contributed by atoms with Crippen LogP contribution in [0.4, 0.5) is 18.9 Å². The summed E-state index contributed by atoms with van der Waals surface area (Å²) >= 11 is 1.20. The SMILES string of the molecule is NCc1sccc1S(=O)(=O)Nc1ccc(C(F)(F)F)cc1. The lowest BCUT2D eigenvalue weighted by Gasteiger charge is -2.10. The van der Waals surface area contributed by atoms with Crippen molar-refractivity contribution in [2.75, 3.05) is 4.72 Å². The van der Waals surface area contributed by atoms with E-state index < -0.39 is 21.8 Å². The minimum absolute atomic E-state index is 0.0369. The maximum absolute atomic E-state index is 12.4. The van der Waals surface area contributed by atoms with E-state index in [-0.39, 0.29) is 17.1 Å². The van der Waals surface area contributed by atoms with E-state index in [1.54, 1.807) is 5.38 Å². The number of anilines is 1. The van der Waals surface area contributed by atoms with Gasteiger partial charge in [-0.05, 0) is 35.7 Å². The minimum atomic E-state index is -4.46. The molecule has 0 unspecified atom stereocenters. The van der Waals surface area contributed by atoms with Gasteiger partial charge in [0, 0.05) is 17.1 Å². The molecule has 0 bridgehead atoms. The Morgan fingerprint density at radius 1 is 1.14 bits per heavy atom. The first-order valence-electron chi connectivity index (χ1n) is 5.70. The summed E-state index contributed by atoms with van der Waals surface area (Å²) in [6.07, 6.45) is -4.46. The van der Waals surface area contributed by atoms with E-state index in [2.05, 4.69) is 4.72 Å². The van der Waals surface area contributed by atoms with Crippen molar-refractivity contribution in [3.63, 3.8) is 0 Å². The Bertz CT molecular complexity index is 722. The van der Waals surface area contributed by atoms with Crippen LogP contribution in [-0.2, 0) is 22.7 Å². The van der Waals surface area contributed by atoms with Gasteiger partial charge in [-0.2, -0.15) is 13.2 Å². The zero-order chi connectivity index (χ0) is 15.7.